The van der Waals surface area contributed by atoms with Gasteiger partial charge in [-0.15, -0.1) is 0 Å². The van der Waals surface area contributed by atoms with E-state index in [2.05, 4.69) is 20.7 Å². The fourth-order valence-electron chi connectivity index (χ4n) is 3.51. The second-order valence-corrected chi connectivity index (χ2v) is 7.66. The average Bonchev–Trinajstić information content (AvgIpc) is 3.15. The van der Waals surface area contributed by atoms with Crippen LogP contribution in [0.2, 0.25) is 0 Å². The largest absolute Gasteiger partial charge is 0.416 e. The quantitative estimate of drug-likeness (QED) is 0.435. The Morgan fingerprint density at radius 1 is 1.00 bits per heavy atom. The maximum Gasteiger partial charge on any atom is 0.416 e. The monoisotopic (exact) mass is 454 g/mol. The van der Waals surface area contributed by atoms with E-state index in [4.69, 9.17) is 0 Å². The van der Waals surface area contributed by atoms with E-state index in [0.717, 1.165) is 40.0 Å². The lowest BCUT2D eigenvalue weighted by molar-refractivity contribution is -0.137. The highest BCUT2D eigenvalue weighted by atomic mass is 19.4. The molecule has 2 N–H and O–H groups in total. The number of pyridine rings is 1. The molecule has 0 aliphatic carbocycles. The van der Waals surface area contributed by atoms with Crippen LogP contribution in [0.3, 0.4) is 0 Å². The number of hydrogen-bond donors (Lipinski definition) is 2. The third-order valence-electron chi connectivity index (χ3n) is 5.08. The molecule has 2 aromatic heterocycles. The number of amides is 2. The van der Waals surface area contributed by atoms with E-state index in [9.17, 15) is 18.0 Å². The molecule has 4 rings (SSSR count). The maximum absolute atomic E-state index is 12.8. The molecule has 0 aliphatic heterocycles. The molecule has 0 bridgehead atoms. The van der Waals surface area contributed by atoms with E-state index in [1.165, 1.54) is 12.1 Å². The van der Waals surface area contributed by atoms with E-state index in [0.29, 0.717) is 5.69 Å². The van der Waals surface area contributed by atoms with Crippen molar-refractivity contribution < 1.29 is 18.0 Å². The van der Waals surface area contributed by atoms with Gasteiger partial charge in [-0.2, -0.15) is 18.3 Å². The minimum Gasteiger partial charge on any atom is -0.361 e. The number of carbonyl (C=O) groups excluding carboxylic acids is 1. The molecule has 10 heteroatoms. The fourth-order valence-corrected chi connectivity index (χ4v) is 3.51. The van der Waals surface area contributed by atoms with Gasteiger partial charge in [0.25, 0.3) is 0 Å². The third kappa shape index (κ3) is 4.59. The summed E-state index contributed by atoms with van der Waals surface area (Å²) in [6.45, 7) is 0. The lowest BCUT2D eigenvalue weighted by Gasteiger charge is -2.15. The van der Waals surface area contributed by atoms with Crippen LogP contribution in [-0.2, 0) is 13.2 Å². The molecule has 170 valence electrons. The maximum atomic E-state index is 12.8. The molecular formula is C23H21F3N6O. The fraction of sp³-hybridized carbons (Fsp3) is 0.174. The predicted molar refractivity (Wildman–Crippen MR) is 122 cm³/mol. The van der Waals surface area contributed by atoms with Crippen LogP contribution in [0, 0.1) is 0 Å². The zero-order valence-electron chi connectivity index (χ0n) is 18.1. The molecule has 4 aromatic rings. The molecule has 0 saturated heterocycles. The van der Waals surface area contributed by atoms with Crippen LogP contribution in [0.25, 0.3) is 22.0 Å². The number of nitrogens with one attached hydrogen (secondary N) is 2. The molecule has 0 atom stereocenters. The molecule has 0 spiro atoms. The first kappa shape index (κ1) is 22.1. The van der Waals surface area contributed by atoms with Crippen LogP contribution in [0.1, 0.15) is 5.56 Å². The van der Waals surface area contributed by atoms with E-state index >= 15 is 0 Å². The number of rotatable bonds is 4. The summed E-state index contributed by atoms with van der Waals surface area (Å²) in [5, 5.41) is 10.3. The number of fused-ring (bicyclic) bond motifs is 1. The summed E-state index contributed by atoms with van der Waals surface area (Å²) in [6, 6.07) is 10.9. The molecule has 0 fully saturated rings. The van der Waals surface area contributed by atoms with Gasteiger partial charge in [-0.05, 0) is 35.9 Å². The van der Waals surface area contributed by atoms with E-state index in [-0.39, 0.29) is 5.69 Å². The van der Waals surface area contributed by atoms with Gasteiger partial charge in [0.1, 0.15) is 5.52 Å². The van der Waals surface area contributed by atoms with E-state index < -0.39 is 17.8 Å². The number of anilines is 3. The number of carbonyl (C=O) groups is 1. The molecule has 2 heterocycles. The smallest absolute Gasteiger partial charge is 0.361 e. The number of aromatic nitrogens is 3. The van der Waals surface area contributed by atoms with Crippen molar-refractivity contribution in [2.24, 2.45) is 7.05 Å². The highest BCUT2D eigenvalue weighted by Crippen LogP contribution is 2.33. The Hall–Kier alpha value is -4.08. The Labute approximate surface area is 187 Å². The van der Waals surface area contributed by atoms with Crippen molar-refractivity contribution in [1.82, 2.24) is 14.8 Å². The molecule has 2 aromatic carbocycles. The molecule has 7 nitrogen and oxygen atoms in total. The van der Waals surface area contributed by atoms with E-state index in [1.807, 2.05) is 38.2 Å². The van der Waals surface area contributed by atoms with Crippen molar-refractivity contribution in [3.8, 4) is 11.1 Å². The molecule has 0 aliphatic rings. The van der Waals surface area contributed by atoms with Crippen molar-refractivity contribution in [3.63, 3.8) is 0 Å². The van der Waals surface area contributed by atoms with Gasteiger partial charge in [0.15, 0.2) is 5.82 Å². The molecule has 2 amide bonds. The number of aryl methyl sites for hydroxylation is 1. The van der Waals surface area contributed by atoms with Gasteiger partial charge in [0.05, 0.1) is 11.8 Å². The van der Waals surface area contributed by atoms with Gasteiger partial charge < -0.3 is 15.5 Å². The Morgan fingerprint density at radius 2 is 1.70 bits per heavy atom. The number of nitrogens with zero attached hydrogens (tertiary/aromatic N) is 4. The third-order valence-corrected chi connectivity index (χ3v) is 5.08. The minimum atomic E-state index is -4.48. The summed E-state index contributed by atoms with van der Waals surface area (Å²) >= 11 is 0. The lowest BCUT2D eigenvalue weighted by Crippen LogP contribution is -2.19. The zero-order valence-corrected chi connectivity index (χ0v) is 18.1. The van der Waals surface area contributed by atoms with Gasteiger partial charge in [-0.1, -0.05) is 18.2 Å². The normalized spacial score (nSPS) is 11.5. The van der Waals surface area contributed by atoms with Crippen LogP contribution in [0.4, 0.5) is 35.2 Å². The van der Waals surface area contributed by atoms with Crippen molar-refractivity contribution in [3.05, 3.63) is 66.5 Å². The summed E-state index contributed by atoms with van der Waals surface area (Å²) in [7, 11) is 5.69. The first-order valence-electron chi connectivity index (χ1n) is 9.97. The van der Waals surface area contributed by atoms with Gasteiger partial charge >= 0.3 is 12.2 Å². The first-order chi connectivity index (χ1) is 15.6. The van der Waals surface area contributed by atoms with Gasteiger partial charge in [-0.25, -0.2) is 9.78 Å². The highest BCUT2D eigenvalue weighted by molar-refractivity contribution is 6.01. The number of alkyl halides is 3. The van der Waals surface area contributed by atoms with Crippen molar-refractivity contribution in [1.29, 1.82) is 0 Å². The van der Waals surface area contributed by atoms with Gasteiger partial charge in [0.2, 0.25) is 0 Å². The van der Waals surface area contributed by atoms with Crippen LogP contribution < -0.4 is 15.5 Å². The summed E-state index contributed by atoms with van der Waals surface area (Å²) in [4.78, 5) is 18.7. The standard InChI is InChI=1S/C23H21F3N6O/c1-31(2)21-20-19(13-28-32(20)3)18(12-27-21)14-7-9-16(10-8-14)29-22(33)30-17-6-4-5-15(11-17)23(24,25)26/h4-13H,1-3H3,(H2,29,30,33). The predicted octanol–water partition coefficient (Wildman–Crippen LogP) is 5.36. The lowest BCUT2D eigenvalue weighted by atomic mass is 10.0. The summed E-state index contributed by atoms with van der Waals surface area (Å²) in [5.41, 5.74) is 2.38. The van der Waals surface area contributed by atoms with Crippen LogP contribution in [0.15, 0.2) is 60.9 Å². The first-order valence-corrected chi connectivity index (χ1v) is 9.97. The Morgan fingerprint density at radius 3 is 2.36 bits per heavy atom. The second kappa shape index (κ2) is 8.45. The molecule has 0 unspecified atom stereocenters. The van der Waals surface area contributed by atoms with Crippen molar-refractivity contribution in [2.75, 3.05) is 29.6 Å². The van der Waals surface area contributed by atoms with E-state index in [1.54, 1.807) is 29.2 Å². The topological polar surface area (TPSA) is 75.1 Å². The number of benzene rings is 2. The average molecular weight is 454 g/mol. The Balaban J connectivity index is 1.52. The molecule has 0 saturated carbocycles. The highest BCUT2D eigenvalue weighted by Gasteiger charge is 2.30. The molecule has 0 radical (unpaired) electrons. The second-order valence-electron chi connectivity index (χ2n) is 7.66. The van der Waals surface area contributed by atoms with Gasteiger partial charge in [0, 0.05) is 49.7 Å². The van der Waals surface area contributed by atoms with Crippen LogP contribution in [-0.4, -0.2) is 34.9 Å². The zero-order chi connectivity index (χ0) is 23.8. The van der Waals surface area contributed by atoms with Crippen LogP contribution in [0.5, 0.6) is 0 Å². The van der Waals surface area contributed by atoms with Crippen molar-refractivity contribution in [2.45, 2.75) is 6.18 Å². The van der Waals surface area contributed by atoms with Gasteiger partial charge in [-0.3, -0.25) is 4.68 Å². The Kier molecular flexibility index (Phi) is 5.67. The number of urea groups is 1. The molecular weight excluding hydrogens is 433 g/mol. The van der Waals surface area contributed by atoms with Crippen LogP contribution >= 0.6 is 0 Å². The van der Waals surface area contributed by atoms with Crippen molar-refractivity contribution >= 4 is 34.1 Å². The minimum absolute atomic E-state index is 0.0463. The summed E-state index contributed by atoms with van der Waals surface area (Å²) < 4.78 is 40.3. The molecule has 33 heavy (non-hydrogen) atoms. The number of halogens is 3. The SMILES string of the molecule is CN(C)c1ncc(-c2ccc(NC(=O)Nc3cccc(C(F)(F)F)c3)cc2)c2cnn(C)c12. The number of hydrogen-bond acceptors (Lipinski definition) is 4. The summed E-state index contributed by atoms with van der Waals surface area (Å²) in [6.07, 6.45) is -0.917. The summed E-state index contributed by atoms with van der Waals surface area (Å²) in [5.74, 6) is 0.804. The Bertz CT molecular complexity index is 1310.